The van der Waals surface area contributed by atoms with Crippen LogP contribution in [-0.2, 0) is 72.5 Å². The van der Waals surface area contributed by atoms with Crippen LogP contribution in [0.2, 0.25) is 0 Å². The van der Waals surface area contributed by atoms with E-state index in [0.29, 0.717) is 46.3 Å². The summed E-state index contributed by atoms with van der Waals surface area (Å²) in [5, 5.41) is 10.5. The summed E-state index contributed by atoms with van der Waals surface area (Å²) >= 11 is 0. The Labute approximate surface area is 497 Å². The van der Waals surface area contributed by atoms with Gasteiger partial charge in [-0.3, -0.25) is 62.2 Å². The fourth-order valence-electron chi connectivity index (χ4n) is 12.4. The molecule has 460 valence electrons. The molecule has 5 aromatic rings. The molecule has 26 heteroatoms. The number of sulfone groups is 1. The van der Waals surface area contributed by atoms with E-state index in [-0.39, 0.29) is 104 Å². The van der Waals surface area contributed by atoms with Gasteiger partial charge in [-0.2, -0.15) is 0 Å². The minimum absolute atomic E-state index is 0.0142. The van der Waals surface area contributed by atoms with E-state index in [2.05, 4.69) is 26.3 Å². The number of nitrogens with one attached hydrogen (secondary N) is 5. The number of hydrogen-bond acceptors (Lipinski definition) is 14. The summed E-state index contributed by atoms with van der Waals surface area (Å²) in [5.41, 5.74) is 7.92. The lowest BCUT2D eigenvalue weighted by Crippen LogP contribution is -2.62. The van der Waals surface area contributed by atoms with E-state index in [1.165, 1.54) is 51.0 Å². The molecule has 2 unspecified atom stereocenters. The number of carbonyl (C=O) groups excluding carboxylic acids is 9. The second-order valence-corrected chi connectivity index (χ2v) is 28.4. The Morgan fingerprint density at radius 1 is 0.849 bits per heavy atom. The molecule has 5 heterocycles. The molecule has 4 aliphatic rings. The highest BCUT2D eigenvalue weighted by atomic mass is 32.2. The summed E-state index contributed by atoms with van der Waals surface area (Å²) in [6, 6.07) is 12.7. The minimum Gasteiger partial charge on any atom is -0.370 e. The number of nitrogens with two attached hydrogens (primary N) is 1. The summed E-state index contributed by atoms with van der Waals surface area (Å²) < 4.78 is 46.6. The largest absolute Gasteiger partial charge is 0.370 e. The van der Waals surface area contributed by atoms with Crippen LogP contribution in [0.3, 0.4) is 0 Å². The van der Waals surface area contributed by atoms with Crippen molar-refractivity contribution >= 4 is 91.9 Å². The van der Waals surface area contributed by atoms with Crippen LogP contribution in [0.15, 0.2) is 76.4 Å². The standard InChI is InChI=1S/C60H75N10O14PS/c1-6-84-85(5,81)59(79)39-14-18-43-40(30-39)31-45(63-43)55(75)65-46-33-68(53(73)29-36-9-7-35(8-10-36)27-38-13-20-47-50(28-38)67(4)60(80)70(47)49-22-24-52(72)66-57(49)77)26-25-41-15-21-48(69(41)58(46)78)56(76)64-44(19-23-51(61)71)54(74)62-32-37-11-16-42(17-12-37)86(82,83)34(2)3/h11-14,16-18,20,28,30-31,34-36,41,44,46,48-49,63H,6-10,15,19,21-27,29,32-33H2,1-5H3,(H2,61,71)(H,62,74)(H,64,76)(H,65,75)(H,66,72,77)/t35-,36+,41-,44+,46+,48+,49?,85?/m1/s1. The van der Waals surface area contributed by atoms with Crippen LogP contribution >= 0.6 is 7.37 Å². The number of carbonyl (C=O) groups is 9. The number of fused-ring (bicyclic) bond motifs is 3. The van der Waals surface area contributed by atoms with Crippen molar-refractivity contribution < 1.29 is 60.7 Å². The molecule has 3 aromatic carbocycles. The Morgan fingerprint density at radius 3 is 2.24 bits per heavy atom. The monoisotopic (exact) mass is 1220 g/mol. The number of piperidine rings is 1. The molecular weight excluding hydrogens is 1150 g/mol. The molecule has 8 amide bonds. The fourth-order valence-corrected chi connectivity index (χ4v) is 14.7. The van der Waals surface area contributed by atoms with E-state index < -0.39 is 93.6 Å². The molecule has 86 heavy (non-hydrogen) atoms. The van der Waals surface area contributed by atoms with Gasteiger partial charge in [-0.25, -0.2) is 13.2 Å². The maximum Gasteiger partial charge on any atom is 0.329 e. The van der Waals surface area contributed by atoms with Crippen LogP contribution in [0, 0.1) is 11.8 Å². The van der Waals surface area contributed by atoms with Gasteiger partial charge in [0.05, 0.1) is 27.8 Å². The van der Waals surface area contributed by atoms with Crippen LogP contribution in [0.1, 0.15) is 136 Å². The van der Waals surface area contributed by atoms with E-state index >= 15 is 4.79 Å². The molecular formula is C60H75N10O14PS. The van der Waals surface area contributed by atoms with Gasteiger partial charge in [0.2, 0.25) is 46.9 Å². The van der Waals surface area contributed by atoms with Crippen molar-refractivity contribution in [1.29, 1.82) is 0 Å². The highest BCUT2D eigenvalue weighted by Gasteiger charge is 2.46. The van der Waals surface area contributed by atoms with Gasteiger partial charge in [0.25, 0.3) is 13.3 Å². The van der Waals surface area contributed by atoms with E-state index in [4.69, 9.17) is 10.3 Å². The molecule has 7 N–H and O–H groups in total. The number of aromatic amines is 1. The summed E-state index contributed by atoms with van der Waals surface area (Å²) in [4.78, 5) is 142. The lowest BCUT2D eigenvalue weighted by Gasteiger charge is -2.39. The average molecular weight is 1220 g/mol. The first-order valence-corrected chi connectivity index (χ1v) is 33.0. The van der Waals surface area contributed by atoms with Gasteiger partial charge < -0.3 is 41.0 Å². The topological polar surface area (TPSA) is 337 Å². The number of rotatable bonds is 21. The highest BCUT2D eigenvalue weighted by molar-refractivity contribution is 7.92. The molecule has 4 fully saturated rings. The number of amides is 8. The lowest BCUT2D eigenvalue weighted by molar-refractivity contribution is -0.146. The highest BCUT2D eigenvalue weighted by Crippen LogP contribution is 2.46. The zero-order valence-corrected chi connectivity index (χ0v) is 50.6. The maximum absolute atomic E-state index is 15.2. The summed E-state index contributed by atoms with van der Waals surface area (Å²) in [7, 11) is -5.55. The third-order valence-corrected chi connectivity index (χ3v) is 21.2. The molecule has 24 nitrogen and oxygen atoms in total. The number of imidazole rings is 1. The molecule has 1 aliphatic carbocycles. The second kappa shape index (κ2) is 26.1. The third kappa shape index (κ3) is 13.7. The number of nitrogens with zero attached hydrogens (tertiary/aromatic N) is 4. The minimum atomic E-state index is -3.67. The quantitative estimate of drug-likeness (QED) is 0.0442. The molecule has 3 aliphatic heterocycles. The molecule has 3 saturated heterocycles. The molecule has 0 radical (unpaired) electrons. The average Bonchev–Trinajstić information content (AvgIpc) is 1.87. The number of benzene rings is 3. The Bertz CT molecular complexity index is 3730. The molecule has 6 atom stereocenters. The third-order valence-electron chi connectivity index (χ3n) is 17.3. The number of aryl methyl sites for hydroxylation is 1. The van der Waals surface area contributed by atoms with Gasteiger partial charge in [-0.15, -0.1) is 0 Å². The normalized spacial score (nSPS) is 22.1. The fraction of sp³-hybridized carbons (Fsp3) is 0.500. The molecule has 2 aromatic heterocycles. The molecule has 9 rings (SSSR count). The summed E-state index contributed by atoms with van der Waals surface area (Å²) in [5.74, 6) is -4.15. The zero-order valence-electron chi connectivity index (χ0n) is 48.9. The van der Waals surface area contributed by atoms with Gasteiger partial charge in [0.15, 0.2) is 9.84 Å². The van der Waals surface area contributed by atoms with Crippen molar-refractivity contribution in [2.45, 2.75) is 151 Å². The predicted octanol–water partition coefficient (Wildman–Crippen LogP) is 4.26. The van der Waals surface area contributed by atoms with Gasteiger partial charge in [-0.05, 0) is 156 Å². The number of hydrogen-bond donors (Lipinski definition) is 6. The predicted molar refractivity (Wildman–Crippen MR) is 317 cm³/mol. The van der Waals surface area contributed by atoms with Crippen LogP contribution in [0.5, 0.6) is 0 Å². The van der Waals surface area contributed by atoms with E-state index in [1.807, 2.05) is 18.2 Å². The van der Waals surface area contributed by atoms with Crippen molar-refractivity contribution in [2.75, 3.05) is 26.4 Å². The van der Waals surface area contributed by atoms with E-state index in [1.54, 1.807) is 50.9 Å². The number of primary amides is 1. The SMILES string of the molecule is CCOP(C)(=O)C(=O)c1ccc2[nH]c(C(=O)N[C@H]3CN(C(=O)C[C@H]4CC[C@@H](Cc5ccc6c(c5)n(C)c(=O)n6C5CCC(=O)NC5=O)CC4)CC[C@H]4CC[C@@H](C(=O)N[C@@H](CCC(N)=O)C(=O)NCc5ccc(S(=O)(=O)C(C)C)cc5)N4C3=O)cc2c1. The Kier molecular flexibility index (Phi) is 19.0. The smallest absolute Gasteiger partial charge is 0.329 e. The Hall–Kier alpha value is -7.76. The lowest BCUT2D eigenvalue weighted by atomic mass is 9.78. The van der Waals surface area contributed by atoms with Crippen LogP contribution in [0.4, 0.5) is 0 Å². The Morgan fingerprint density at radius 2 is 1.56 bits per heavy atom. The van der Waals surface area contributed by atoms with Gasteiger partial charge >= 0.3 is 5.69 Å². The Balaban J connectivity index is 0.893. The van der Waals surface area contributed by atoms with Crippen molar-refractivity contribution in [3.63, 3.8) is 0 Å². The first-order chi connectivity index (χ1) is 40.8. The van der Waals surface area contributed by atoms with Crippen molar-refractivity contribution in [3.05, 3.63) is 99.6 Å². The first-order valence-electron chi connectivity index (χ1n) is 29.4. The summed E-state index contributed by atoms with van der Waals surface area (Å²) in [6.45, 7) is 5.99. The first kappa shape index (κ1) is 62.8. The van der Waals surface area contributed by atoms with E-state index in [9.17, 15) is 56.1 Å². The van der Waals surface area contributed by atoms with E-state index in [0.717, 1.165) is 37.7 Å². The van der Waals surface area contributed by atoms with Crippen molar-refractivity contribution in [3.8, 4) is 0 Å². The van der Waals surface area contributed by atoms with Crippen LogP contribution < -0.4 is 32.7 Å². The van der Waals surface area contributed by atoms with Gasteiger partial charge in [0, 0.05) is 75.1 Å². The van der Waals surface area contributed by atoms with Crippen LogP contribution in [-0.4, -0.2) is 141 Å². The zero-order chi connectivity index (χ0) is 61.9. The molecule has 0 spiro atoms. The number of imide groups is 1. The number of H-pyrrole nitrogens is 1. The molecule has 1 saturated carbocycles. The van der Waals surface area contributed by atoms with Crippen molar-refractivity contribution in [2.24, 2.45) is 24.6 Å². The maximum atomic E-state index is 15.2. The van der Waals surface area contributed by atoms with Crippen LogP contribution in [0.25, 0.3) is 21.9 Å². The van der Waals surface area contributed by atoms with Crippen molar-refractivity contribution in [1.82, 2.24) is 45.2 Å². The van der Waals surface area contributed by atoms with Gasteiger partial charge in [-0.1, -0.05) is 18.2 Å². The summed E-state index contributed by atoms with van der Waals surface area (Å²) in [6.07, 6.45) is 4.88. The number of aromatic nitrogens is 3. The second-order valence-electron chi connectivity index (χ2n) is 23.5. The molecule has 0 bridgehead atoms. The van der Waals surface area contributed by atoms with Gasteiger partial charge in [0.1, 0.15) is 29.9 Å².